The van der Waals surface area contributed by atoms with Crippen molar-refractivity contribution in [1.82, 2.24) is 5.32 Å². The molecule has 2 rings (SSSR count). The molecule has 1 unspecified atom stereocenters. The van der Waals surface area contributed by atoms with Crippen molar-refractivity contribution >= 4 is 29.1 Å². The van der Waals surface area contributed by atoms with Gasteiger partial charge in [0.05, 0.1) is 0 Å². The van der Waals surface area contributed by atoms with Crippen LogP contribution >= 0.6 is 12.4 Å². The Balaban J connectivity index is 0.00000180. The summed E-state index contributed by atoms with van der Waals surface area (Å²) in [7, 11) is 0. The van der Waals surface area contributed by atoms with Crippen molar-refractivity contribution in [1.29, 1.82) is 0 Å². The Kier molecular flexibility index (Phi) is 5.80. The van der Waals surface area contributed by atoms with Crippen molar-refractivity contribution in [3.05, 3.63) is 48.0 Å². The first-order chi connectivity index (χ1) is 8.68. The Bertz CT molecular complexity index is 549. The zero-order chi connectivity index (χ0) is 13.0. The van der Waals surface area contributed by atoms with Gasteiger partial charge >= 0.3 is 0 Å². The van der Waals surface area contributed by atoms with Crippen LogP contribution in [0.5, 0.6) is 0 Å². The van der Waals surface area contributed by atoms with Crippen molar-refractivity contribution in [2.75, 3.05) is 6.54 Å². The van der Waals surface area contributed by atoms with Gasteiger partial charge in [0.25, 0.3) is 5.91 Å². The average molecular weight is 279 g/mol. The molecular formula is C15H19ClN2O. The third-order valence-corrected chi connectivity index (χ3v) is 2.92. The molecule has 1 amide bonds. The fourth-order valence-electron chi connectivity index (χ4n) is 1.93. The van der Waals surface area contributed by atoms with E-state index in [9.17, 15) is 4.79 Å². The van der Waals surface area contributed by atoms with Gasteiger partial charge in [0.15, 0.2) is 0 Å². The number of nitrogens with one attached hydrogen (secondary N) is 1. The lowest BCUT2D eigenvalue weighted by Gasteiger charge is -2.09. The highest BCUT2D eigenvalue weighted by Gasteiger charge is 2.08. The Morgan fingerprint density at radius 1 is 1.21 bits per heavy atom. The van der Waals surface area contributed by atoms with Gasteiger partial charge in [-0.3, -0.25) is 4.79 Å². The van der Waals surface area contributed by atoms with Gasteiger partial charge in [-0.15, -0.1) is 12.4 Å². The molecule has 102 valence electrons. The molecule has 0 bridgehead atoms. The van der Waals surface area contributed by atoms with E-state index in [1.807, 2.05) is 49.4 Å². The van der Waals surface area contributed by atoms with Crippen molar-refractivity contribution in [3.63, 3.8) is 0 Å². The number of hydrogen-bond acceptors (Lipinski definition) is 2. The first-order valence-electron chi connectivity index (χ1n) is 6.20. The lowest BCUT2D eigenvalue weighted by molar-refractivity contribution is 0.0954. The number of carbonyl (C=O) groups is 1. The number of fused-ring (bicyclic) bond motifs is 1. The Hall–Kier alpha value is -1.58. The topological polar surface area (TPSA) is 55.1 Å². The molecule has 2 aromatic rings. The van der Waals surface area contributed by atoms with Crippen LogP contribution in [-0.4, -0.2) is 18.5 Å². The maximum atomic E-state index is 12.1. The summed E-state index contributed by atoms with van der Waals surface area (Å²) in [4.78, 5) is 12.1. The molecule has 0 radical (unpaired) electrons. The zero-order valence-corrected chi connectivity index (χ0v) is 11.7. The maximum absolute atomic E-state index is 12.1. The van der Waals surface area contributed by atoms with Crippen LogP contribution in [0.15, 0.2) is 42.5 Å². The zero-order valence-electron chi connectivity index (χ0n) is 10.9. The minimum Gasteiger partial charge on any atom is -0.352 e. The van der Waals surface area contributed by atoms with Gasteiger partial charge in [-0.25, -0.2) is 0 Å². The van der Waals surface area contributed by atoms with Crippen molar-refractivity contribution in [2.24, 2.45) is 5.73 Å². The van der Waals surface area contributed by atoms with Crippen molar-refractivity contribution in [3.8, 4) is 0 Å². The molecule has 0 fully saturated rings. The monoisotopic (exact) mass is 278 g/mol. The minimum atomic E-state index is -0.0348. The number of hydrogen-bond donors (Lipinski definition) is 2. The Morgan fingerprint density at radius 2 is 1.89 bits per heavy atom. The van der Waals surface area contributed by atoms with Crippen molar-refractivity contribution < 1.29 is 4.79 Å². The molecule has 0 aliphatic rings. The van der Waals surface area contributed by atoms with Gasteiger partial charge in [0.2, 0.25) is 0 Å². The number of benzene rings is 2. The van der Waals surface area contributed by atoms with E-state index in [4.69, 9.17) is 5.73 Å². The molecule has 19 heavy (non-hydrogen) atoms. The average Bonchev–Trinajstić information content (AvgIpc) is 2.37. The number of amides is 1. The maximum Gasteiger partial charge on any atom is 0.251 e. The van der Waals surface area contributed by atoms with Crippen LogP contribution in [0.3, 0.4) is 0 Å². The molecule has 1 atom stereocenters. The predicted octanol–water partition coefficient (Wildman–Crippen LogP) is 2.73. The molecule has 0 aliphatic carbocycles. The van der Waals surface area contributed by atoms with Crippen LogP contribution in [-0.2, 0) is 0 Å². The number of halogens is 1. The van der Waals surface area contributed by atoms with E-state index in [-0.39, 0.29) is 24.4 Å². The lowest BCUT2D eigenvalue weighted by Crippen LogP contribution is -2.29. The first kappa shape index (κ1) is 15.5. The molecule has 0 aromatic heterocycles. The second kappa shape index (κ2) is 7.12. The third-order valence-electron chi connectivity index (χ3n) is 2.92. The fraction of sp³-hybridized carbons (Fsp3) is 0.267. The highest BCUT2D eigenvalue weighted by Crippen LogP contribution is 2.18. The molecule has 0 aliphatic heterocycles. The van der Waals surface area contributed by atoms with E-state index in [1.165, 1.54) is 0 Å². The summed E-state index contributed by atoms with van der Waals surface area (Å²) in [6.07, 6.45) is 0.788. The molecule has 0 spiro atoms. The summed E-state index contributed by atoms with van der Waals surface area (Å²) in [6, 6.07) is 13.8. The van der Waals surface area contributed by atoms with E-state index < -0.39 is 0 Å². The predicted molar refractivity (Wildman–Crippen MR) is 81.8 cm³/mol. The van der Waals surface area contributed by atoms with Crippen LogP contribution in [0, 0.1) is 0 Å². The smallest absolute Gasteiger partial charge is 0.251 e. The third kappa shape index (κ3) is 3.94. The van der Waals surface area contributed by atoms with Gasteiger partial charge in [0, 0.05) is 18.2 Å². The van der Waals surface area contributed by atoms with Gasteiger partial charge in [-0.1, -0.05) is 36.4 Å². The standard InChI is InChI=1S/C15H18N2O.ClH/c1-11(16)9-10-17-15(18)14-8-4-6-12-5-2-3-7-13(12)14;/h2-8,11H,9-10,16H2,1H3,(H,17,18);1H. The second-order valence-corrected chi connectivity index (χ2v) is 4.55. The van der Waals surface area contributed by atoms with E-state index >= 15 is 0 Å². The first-order valence-corrected chi connectivity index (χ1v) is 6.20. The minimum absolute atomic E-state index is 0. The molecule has 3 N–H and O–H groups in total. The highest BCUT2D eigenvalue weighted by atomic mass is 35.5. The molecule has 2 aromatic carbocycles. The van der Waals surface area contributed by atoms with E-state index in [0.717, 1.165) is 22.8 Å². The van der Waals surface area contributed by atoms with Crippen molar-refractivity contribution in [2.45, 2.75) is 19.4 Å². The fourth-order valence-corrected chi connectivity index (χ4v) is 1.93. The van der Waals surface area contributed by atoms with Crippen LogP contribution in [0.2, 0.25) is 0 Å². The van der Waals surface area contributed by atoms with Crippen LogP contribution in [0.25, 0.3) is 10.8 Å². The highest BCUT2D eigenvalue weighted by molar-refractivity contribution is 6.06. The summed E-state index contributed by atoms with van der Waals surface area (Å²) in [6.45, 7) is 2.55. The number of rotatable bonds is 4. The number of carbonyl (C=O) groups excluding carboxylic acids is 1. The summed E-state index contributed by atoms with van der Waals surface area (Å²) in [5, 5.41) is 4.97. The normalized spacial score (nSPS) is 11.7. The van der Waals surface area contributed by atoms with Crippen LogP contribution in [0.1, 0.15) is 23.7 Å². The Morgan fingerprint density at radius 3 is 2.63 bits per heavy atom. The quantitative estimate of drug-likeness (QED) is 0.903. The van der Waals surface area contributed by atoms with Gasteiger partial charge < -0.3 is 11.1 Å². The van der Waals surface area contributed by atoms with Gasteiger partial charge in [0.1, 0.15) is 0 Å². The Labute approximate surface area is 119 Å². The van der Waals surface area contributed by atoms with Crippen LogP contribution in [0.4, 0.5) is 0 Å². The van der Waals surface area contributed by atoms with Crippen LogP contribution < -0.4 is 11.1 Å². The second-order valence-electron chi connectivity index (χ2n) is 4.55. The summed E-state index contributed by atoms with van der Waals surface area (Å²) >= 11 is 0. The SMILES string of the molecule is CC(N)CCNC(=O)c1cccc2ccccc12.Cl. The molecule has 3 nitrogen and oxygen atoms in total. The summed E-state index contributed by atoms with van der Waals surface area (Å²) < 4.78 is 0. The van der Waals surface area contributed by atoms with E-state index in [1.54, 1.807) is 0 Å². The number of nitrogens with two attached hydrogens (primary N) is 1. The van der Waals surface area contributed by atoms with Gasteiger partial charge in [-0.2, -0.15) is 0 Å². The summed E-state index contributed by atoms with van der Waals surface area (Å²) in [5.41, 5.74) is 6.38. The molecule has 4 heteroatoms. The van der Waals surface area contributed by atoms with Gasteiger partial charge in [-0.05, 0) is 30.2 Å². The largest absolute Gasteiger partial charge is 0.352 e. The molecular weight excluding hydrogens is 260 g/mol. The van der Waals surface area contributed by atoms with E-state index in [2.05, 4.69) is 5.32 Å². The molecule has 0 saturated heterocycles. The lowest BCUT2D eigenvalue weighted by atomic mass is 10.0. The molecule has 0 saturated carbocycles. The van der Waals surface area contributed by atoms with E-state index in [0.29, 0.717) is 6.54 Å². The molecule has 0 heterocycles. The summed E-state index contributed by atoms with van der Waals surface area (Å²) in [5.74, 6) is -0.0348.